The van der Waals surface area contributed by atoms with E-state index in [0.717, 1.165) is 0 Å². The second-order valence-corrected chi connectivity index (χ2v) is 6.04. The molecule has 1 aliphatic heterocycles. The van der Waals surface area contributed by atoms with Crippen LogP contribution in [0.4, 0.5) is 10.5 Å². The van der Waals surface area contributed by atoms with E-state index in [-0.39, 0.29) is 24.5 Å². The summed E-state index contributed by atoms with van der Waals surface area (Å²) in [6, 6.07) is 4.81. The number of carbonyl (C=O) groups is 2. The summed E-state index contributed by atoms with van der Waals surface area (Å²) >= 11 is 0. The Bertz CT molecular complexity index is 588. The lowest BCUT2D eigenvalue weighted by Gasteiger charge is -2.19. The first-order valence-electron chi connectivity index (χ1n) is 8.02. The Kier molecular flexibility index (Phi) is 6.28. The molecule has 1 atom stereocenters. The summed E-state index contributed by atoms with van der Waals surface area (Å²) in [6.45, 7) is 5.27. The van der Waals surface area contributed by atoms with E-state index in [1.54, 1.807) is 18.2 Å². The molecule has 0 fully saturated rings. The predicted octanol–water partition coefficient (Wildman–Crippen LogP) is 2.41. The van der Waals surface area contributed by atoms with E-state index >= 15 is 0 Å². The molecule has 0 saturated carbocycles. The maximum absolute atomic E-state index is 12.0. The third kappa shape index (κ3) is 5.04. The van der Waals surface area contributed by atoms with Gasteiger partial charge in [-0.1, -0.05) is 13.8 Å². The van der Waals surface area contributed by atoms with Crippen LogP contribution in [0.2, 0.25) is 0 Å². The minimum atomic E-state index is -0.385. The molecule has 132 valence electrons. The minimum absolute atomic E-state index is 0.223. The summed E-state index contributed by atoms with van der Waals surface area (Å²) < 4.78 is 15.7. The molecule has 2 rings (SSSR count). The molecule has 2 N–H and O–H groups in total. The molecule has 1 heterocycles. The van der Waals surface area contributed by atoms with E-state index in [1.165, 1.54) is 7.11 Å². The van der Waals surface area contributed by atoms with Gasteiger partial charge < -0.3 is 24.8 Å². The van der Waals surface area contributed by atoms with Crippen molar-refractivity contribution in [3.05, 3.63) is 18.2 Å². The maximum Gasteiger partial charge on any atom is 0.319 e. The van der Waals surface area contributed by atoms with Crippen molar-refractivity contribution >= 4 is 17.7 Å². The molecule has 0 aliphatic carbocycles. The zero-order valence-corrected chi connectivity index (χ0v) is 14.3. The van der Waals surface area contributed by atoms with Crippen molar-refractivity contribution in [2.45, 2.75) is 20.3 Å². The molecule has 1 aromatic rings. The summed E-state index contributed by atoms with van der Waals surface area (Å²) in [5, 5.41) is 5.43. The molecule has 1 aliphatic rings. The van der Waals surface area contributed by atoms with Gasteiger partial charge in [-0.2, -0.15) is 0 Å². The number of hydrogen-bond donors (Lipinski definition) is 2. The van der Waals surface area contributed by atoms with Crippen molar-refractivity contribution in [3.8, 4) is 11.5 Å². The van der Waals surface area contributed by atoms with Gasteiger partial charge in [-0.15, -0.1) is 0 Å². The largest absolute Gasteiger partial charge is 0.486 e. The number of esters is 1. The van der Waals surface area contributed by atoms with Crippen molar-refractivity contribution in [1.82, 2.24) is 5.32 Å². The molecule has 0 saturated heterocycles. The van der Waals surface area contributed by atoms with Crippen LogP contribution in [-0.2, 0) is 9.53 Å². The lowest BCUT2D eigenvalue weighted by molar-refractivity contribution is -0.145. The molecule has 1 aromatic carbocycles. The van der Waals surface area contributed by atoms with Gasteiger partial charge in [0.2, 0.25) is 0 Å². The SMILES string of the molecule is COC(=O)[C@H](CNC(=O)Nc1ccc2c(c1)OCCO2)CC(C)C. The van der Waals surface area contributed by atoms with Crippen LogP contribution in [0.1, 0.15) is 20.3 Å². The lowest BCUT2D eigenvalue weighted by Crippen LogP contribution is -2.36. The van der Waals surface area contributed by atoms with Gasteiger partial charge in [0.25, 0.3) is 0 Å². The second-order valence-electron chi connectivity index (χ2n) is 6.04. The van der Waals surface area contributed by atoms with Crippen LogP contribution in [-0.4, -0.2) is 38.9 Å². The molecule has 7 heteroatoms. The van der Waals surface area contributed by atoms with E-state index in [1.807, 2.05) is 13.8 Å². The second kappa shape index (κ2) is 8.42. The van der Waals surface area contributed by atoms with Crippen LogP contribution >= 0.6 is 0 Å². The van der Waals surface area contributed by atoms with Crippen molar-refractivity contribution in [2.75, 3.05) is 32.2 Å². The van der Waals surface area contributed by atoms with Crippen molar-refractivity contribution < 1.29 is 23.8 Å². The zero-order valence-electron chi connectivity index (χ0n) is 14.3. The lowest BCUT2D eigenvalue weighted by atomic mass is 9.97. The molecule has 0 unspecified atom stereocenters. The number of benzene rings is 1. The summed E-state index contributed by atoms with van der Waals surface area (Å²) in [5.74, 6) is 0.919. The van der Waals surface area contributed by atoms with Crippen molar-refractivity contribution in [3.63, 3.8) is 0 Å². The molecular formula is C17H24N2O5. The summed E-state index contributed by atoms with van der Waals surface area (Å²) in [7, 11) is 1.35. The summed E-state index contributed by atoms with van der Waals surface area (Å²) in [6.07, 6.45) is 0.650. The Balaban J connectivity index is 1.89. The fraction of sp³-hybridized carbons (Fsp3) is 0.529. The highest BCUT2D eigenvalue weighted by molar-refractivity contribution is 5.90. The van der Waals surface area contributed by atoms with Gasteiger partial charge in [0, 0.05) is 18.3 Å². The number of fused-ring (bicyclic) bond motifs is 1. The van der Waals surface area contributed by atoms with Gasteiger partial charge in [-0.25, -0.2) is 4.79 Å². The topological polar surface area (TPSA) is 85.9 Å². The first kappa shape index (κ1) is 17.9. The van der Waals surface area contributed by atoms with Gasteiger partial charge in [0.1, 0.15) is 13.2 Å². The molecule has 0 spiro atoms. The Hall–Kier alpha value is -2.44. The number of methoxy groups -OCH3 is 1. The zero-order chi connectivity index (χ0) is 17.5. The number of amides is 2. The third-order valence-corrected chi connectivity index (χ3v) is 3.60. The van der Waals surface area contributed by atoms with Gasteiger partial charge in [-0.05, 0) is 24.5 Å². The van der Waals surface area contributed by atoms with Crippen LogP contribution in [0.5, 0.6) is 11.5 Å². The van der Waals surface area contributed by atoms with Crippen molar-refractivity contribution in [2.24, 2.45) is 11.8 Å². The standard InChI is InChI=1S/C17H24N2O5/c1-11(2)8-12(16(20)22-3)10-18-17(21)19-13-4-5-14-15(9-13)24-7-6-23-14/h4-5,9,11-12H,6-8,10H2,1-3H3,(H2,18,19,21)/t12-/m0/s1. The van der Waals surface area contributed by atoms with Crippen molar-refractivity contribution in [1.29, 1.82) is 0 Å². The average molecular weight is 336 g/mol. The van der Waals surface area contributed by atoms with Crippen LogP contribution < -0.4 is 20.1 Å². The number of ether oxygens (including phenoxy) is 3. The first-order valence-corrected chi connectivity index (χ1v) is 8.02. The van der Waals surface area contributed by atoms with Crippen LogP contribution in [0.25, 0.3) is 0 Å². The van der Waals surface area contributed by atoms with E-state index in [0.29, 0.717) is 42.7 Å². The van der Waals surface area contributed by atoms with E-state index in [4.69, 9.17) is 14.2 Å². The number of nitrogens with one attached hydrogen (secondary N) is 2. The van der Waals surface area contributed by atoms with Gasteiger partial charge in [0.05, 0.1) is 13.0 Å². The van der Waals surface area contributed by atoms with E-state index in [2.05, 4.69) is 10.6 Å². The van der Waals surface area contributed by atoms with Gasteiger partial charge in [-0.3, -0.25) is 4.79 Å². The highest BCUT2D eigenvalue weighted by Gasteiger charge is 2.21. The molecule has 0 bridgehead atoms. The predicted molar refractivity (Wildman–Crippen MR) is 89.4 cm³/mol. The monoisotopic (exact) mass is 336 g/mol. The number of urea groups is 1. The Morgan fingerprint density at radius 1 is 1.21 bits per heavy atom. The van der Waals surface area contributed by atoms with Gasteiger partial charge in [0.15, 0.2) is 11.5 Å². The van der Waals surface area contributed by atoms with E-state index < -0.39 is 0 Å². The van der Waals surface area contributed by atoms with Crippen LogP contribution in [0.3, 0.4) is 0 Å². The first-order chi connectivity index (χ1) is 11.5. The molecule has 7 nitrogen and oxygen atoms in total. The number of anilines is 1. The smallest absolute Gasteiger partial charge is 0.319 e. The normalized spacial score (nSPS) is 14.0. The molecule has 2 amide bonds. The number of carbonyl (C=O) groups excluding carboxylic acids is 2. The number of rotatable bonds is 6. The summed E-state index contributed by atoms with van der Waals surface area (Å²) in [4.78, 5) is 23.8. The van der Waals surface area contributed by atoms with Crippen LogP contribution in [0, 0.1) is 11.8 Å². The minimum Gasteiger partial charge on any atom is -0.486 e. The Morgan fingerprint density at radius 3 is 2.58 bits per heavy atom. The molecule has 24 heavy (non-hydrogen) atoms. The van der Waals surface area contributed by atoms with E-state index in [9.17, 15) is 9.59 Å². The maximum atomic E-state index is 12.0. The summed E-state index contributed by atoms with van der Waals surface area (Å²) in [5.41, 5.74) is 0.593. The quantitative estimate of drug-likeness (QED) is 0.779. The third-order valence-electron chi connectivity index (χ3n) is 3.60. The Morgan fingerprint density at radius 2 is 1.92 bits per heavy atom. The molecular weight excluding hydrogens is 312 g/mol. The number of hydrogen-bond acceptors (Lipinski definition) is 5. The fourth-order valence-electron chi connectivity index (χ4n) is 2.51. The highest BCUT2D eigenvalue weighted by atomic mass is 16.6. The average Bonchev–Trinajstić information content (AvgIpc) is 2.57. The van der Waals surface area contributed by atoms with Gasteiger partial charge >= 0.3 is 12.0 Å². The highest BCUT2D eigenvalue weighted by Crippen LogP contribution is 2.32. The fourth-order valence-corrected chi connectivity index (χ4v) is 2.51. The molecule has 0 aromatic heterocycles. The Labute approximate surface area is 141 Å². The molecule has 0 radical (unpaired) electrons. The van der Waals surface area contributed by atoms with Crippen LogP contribution in [0.15, 0.2) is 18.2 Å².